The van der Waals surface area contributed by atoms with E-state index in [4.69, 9.17) is 0 Å². The molecule has 100 valence electrons. The molecule has 3 rings (SSSR count). The highest BCUT2D eigenvalue weighted by Gasteiger charge is 2.38. The summed E-state index contributed by atoms with van der Waals surface area (Å²) in [6.07, 6.45) is 5.50. The Kier molecular flexibility index (Phi) is 3.73. The van der Waals surface area contributed by atoms with Crippen molar-refractivity contribution in [2.45, 2.75) is 45.2 Å². The van der Waals surface area contributed by atoms with E-state index in [1.165, 1.54) is 56.7 Å². The maximum atomic E-state index is 3.56. The van der Waals surface area contributed by atoms with Gasteiger partial charge in [0.05, 0.1) is 0 Å². The van der Waals surface area contributed by atoms with Gasteiger partial charge in [0.2, 0.25) is 0 Å². The summed E-state index contributed by atoms with van der Waals surface area (Å²) in [6, 6.07) is 5.33. The van der Waals surface area contributed by atoms with Crippen LogP contribution in [0.3, 0.4) is 0 Å². The van der Waals surface area contributed by atoms with Crippen LogP contribution in [0.15, 0.2) is 17.5 Å². The van der Waals surface area contributed by atoms with Crippen molar-refractivity contribution in [2.75, 3.05) is 19.6 Å². The average molecular weight is 264 g/mol. The van der Waals surface area contributed by atoms with E-state index in [-0.39, 0.29) is 0 Å². The lowest BCUT2D eigenvalue weighted by Gasteiger charge is -2.34. The van der Waals surface area contributed by atoms with Gasteiger partial charge in [-0.3, -0.25) is 4.90 Å². The van der Waals surface area contributed by atoms with Crippen LogP contribution in [-0.2, 0) is 6.54 Å². The summed E-state index contributed by atoms with van der Waals surface area (Å²) >= 11 is 1.90. The van der Waals surface area contributed by atoms with Crippen LogP contribution in [0.1, 0.15) is 37.5 Å². The predicted octanol–water partition coefficient (Wildman–Crippen LogP) is 3.10. The fourth-order valence-corrected chi connectivity index (χ4v) is 3.86. The maximum absolute atomic E-state index is 3.56. The molecule has 1 unspecified atom stereocenters. The van der Waals surface area contributed by atoms with Crippen molar-refractivity contribution in [1.29, 1.82) is 0 Å². The van der Waals surface area contributed by atoms with Crippen LogP contribution in [0.5, 0.6) is 0 Å². The zero-order valence-corrected chi connectivity index (χ0v) is 12.1. The average Bonchev–Trinajstić information content (AvgIpc) is 2.92. The zero-order valence-electron chi connectivity index (χ0n) is 11.3. The van der Waals surface area contributed by atoms with Crippen LogP contribution < -0.4 is 5.32 Å². The predicted molar refractivity (Wildman–Crippen MR) is 78.0 cm³/mol. The largest absolute Gasteiger partial charge is 0.316 e. The highest BCUT2D eigenvalue weighted by Crippen LogP contribution is 2.36. The SMILES string of the molecule is CCC1(CN(Cc2cccs2)C2CC2)CCNC1. The van der Waals surface area contributed by atoms with Gasteiger partial charge in [-0.05, 0) is 49.1 Å². The van der Waals surface area contributed by atoms with Gasteiger partial charge in [0.25, 0.3) is 0 Å². The summed E-state index contributed by atoms with van der Waals surface area (Å²) in [4.78, 5) is 4.28. The van der Waals surface area contributed by atoms with Crippen LogP contribution in [0.4, 0.5) is 0 Å². The Hall–Kier alpha value is -0.380. The second-order valence-electron chi connectivity index (χ2n) is 6.00. The summed E-state index contributed by atoms with van der Waals surface area (Å²) in [5.41, 5.74) is 0.542. The first-order chi connectivity index (χ1) is 8.81. The Balaban J connectivity index is 1.66. The van der Waals surface area contributed by atoms with Gasteiger partial charge in [-0.15, -0.1) is 11.3 Å². The van der Waals surface area contributed by atoms with Crippen LogP contribution in [0.25, 0.3) is 0 Å². The molecule has 2 heterocycles. The minimum atomic E-state index is 0.542. The minimum absolute atomic E-state index is 0.542. The molecule has 1 aliphatic carbocycles. The Bertz CT molecular complexity index is 364. The van der Waals surface area contributed by atoms with E-state index in [9.17, 15) is 0 Å². The molecular weight excluding hydrogens is 240 g/mol. The molecular formula is C15H24N2S. The minimum Gasteiger partial charge on any atom is -0.316 e. The summed E-state index contributed by atoms with van der Waals surface area (Å²) in [5, 5.41) is 5.77. The first kappa shape index (κ1) is 12.6. The Labute approximate surface area is 114 Å². The number of thiophene rings is 1. The lowest BCUT2D eigenvalue weighted by molar-refractivity contribution is 0.145. The number of hydrogen-bond donors (Lipinski definition) is 1. The molecule has 1 N–H and O–H groups in total. The normalized spacial score (nSPS) is 28.1. The van der Waals surface area contributed by atoms with Gasteiger partial charge in [0.15, 0.2) is 0 Å². The smallest absolute Gasteiger partial charge is 0.0331 e. The third-order valence-electron chi connectivity index (χ3n) is 4.62. The summed E-state index contributed by atoms with van der Waals surface area (Å²) in [7, 11) is 0. The monoisotopic (exact) mass is 264 g/mol. The molecule has 3 heteroatoms. The van der Waals surface area contributed by atoms with Crippen molar-refractivity contribution in [3.63, 3.8) is 0 Å². The van der Waals surface area contributed by atoms with Crippen LogP contribution in [-0.4, -0.2) is 30.6 Å². The molecule has 1 saturated carbocycles. The third-order valence-corrected chi connectivity index (χ3v) is 5.48. The molecule has 0 spiro atoms. The van der Waals surface area contributed by atoms with Gasteiger partial charge >= 0.3 is 0 Å². The molecule has 1 aliphatic heterocycles. The molecule has 2 nitrogen and oxygen atoms in total. The molecule has 0 amide bonds. The van der Waals surface area contributed by atoms with E-state index < -0.39 is 0 Å². The van der Waals surface area contributed by atoms with Crippen LogP contribution >= 0.6 is 11.3 Å². The van der Waals surface area contributed by atoms with E-state index in [1.807, 2.05) is 11.3 Å². The summed E-state index contributed by atoms with van der Waals surface area (Å²) in [5.74, 6) is 0. The zero-order chi connectivity index (χ0) is 12.4. The number of hydrogen-bond acceptors (Lipinski definition) is 3. The van der Waals surface area contributed by atoms with Gasteiger partial charge in [-0.1, -0.05) is 13.0 Å². The lowest BCUT2D eigenvalue weighted by atomic mass is 9.83. The fraction of sp³-hybridized carbons (Fsp3) is 0.733. The van der Waals surface area contributed by atoms with Crippen molar-refractivity contribution in [2.24, 2.45) is 5.41 Å². The van der Waals surface area contributed by atoms with E-state index >= 15 is 0 Å². The molecule has 0 radical (unpaired) electrons. The summed E-state index contributed by atoms with van der Waals surface area (Å²) in [6.45, 7) is 7.26. The van der Waals surface area contributed by atoms with Gasteiger partial charge in [0, 0.05) is 30.6 Å². The summed E-state index contributed by atoms with van der Waals surface area (Å²) < 4.78 is 0. The van der Waals surface area contributed by atoms with Crippen molar-refractivity contribution >= 4 is 11.3 Å². The third kappa shape index (κ3) is 2.79. The highest BCUT2D eigenvalue weighted by atomic mass is 32.1. The quantitative estimate of drug-likeness (QED) is 0.849. The number of nitrogens with zero attached hydrogens (tertiary/aromatic N) is 1. The molecule has 1 atom stereocenters. The van der Waals surface area contributed by atoms with Gasteiger partial charge in [0.1, 0.15) is 0 Å². The van der Waals surface area contributed by atoms with Crippen molar-refractivity contribution in [3.8, 4) is 0 Å². The molecule has 0 bridgehead atoms. The van der Waals surface area contributed by atoms with Gasteiger partial charge in [-0.25, -0.2) is 0 Å². The van der Waals surface area contributed by atoms with Crippen LogP contribution in [0, 0.1) is 5.41 Å². The standard InChI is InChI=1S/C15H24N2S/c1-2-15(7-8-16-11-15)12-17(13-5-6-13)10-14-4-3-9-18-14/h3-4,9,13,16H,2,5-8,10-12H2,1H3. The van der Waals surface area contributed by atoms with E-state index in [0.717, 1.165) is 6.04 Å². The van der Waals surface area contributed by atoms with E-state index in [1.54, 1.807) is 0 Å². The molecule has 2 fully saturated rings. The molecule has 1 aromatic rings. The lowest BCUT2D eigenvalue weighted by Crippen LogP contribution is -2.39. The number of rotatable bonds is 6. The first-order valence-electron chi connectivity index (χ1n) is 7.28. The molecule has 18 heavy (non-hydrogen) atoms. The topological polar surface area (TPSA) is 15.3 Å². The van der Waals surface area contributed by atoms with E-state index in [2.05, 4.69) is 34.7 Å². The van der Waals surface area contributed by atoms with E-state index in [0.29, 0.717) is 5.41 Å². The van der Waals surface area contributed by atoms with Crippen molar-refractivity contribution in [3.05, 3.63) is 22.4 Å². The first-order valence-corrected chi connectivity index (χ1v) is 8.16. The molecule has 1 aromatic heterocycles. The Morgan fingerprint density at radius 3 is 2.94 bits per heavy atom. The molecule has 1 saturated heterocycles. The Morgan fingerprint density at radius 2 is 2.39 bits per heavy atom. The fourth-order valence-electron chi connectivity index (χ4n) is 3.13. The molecule has 0 aromatic carbocycles. The highest BCUT2D eigenvalue weighted by molar-refractivity contribution is 7.09. The molecule has 2 aliphatic rings. The number of nitrogens with one attached hydrogen (secondary N) is 1. The van der Waals surface area contributed by atoms with Gasteiger partial charge < -0.3 is 5.32 Å². The second-order valence-corrected chi connectivity index (χ2v) is 7.03. The van der Waals surface area contributed by atoms with Crippen molar-refractivity contribution < 1.29 is 0 Å². The van der Waals surface area contributed by atoms with Gasteiger partial charge in [-0.2, -0.15) is 0 Å². The van der Waals surface area contributed by atoms with Crippen LogP contribution in [0.2, 0.25) is 0 Å². The second kappa shape index (κ2) is 5.32. The Morgan fingerprint density at radius 1 is 1.50 bits per heavy atom. The van der Waals surface area contributed by atoms with Crippen molar-refractivity contribution in [1.82, 2.24) is 10.2 Å². The maximum Gasteiger partial charge on any atom is 0.0331 e.